The van der Waals surface area contributed by atoms with E-state index in [0.29, 0.717) is 23.9 Å². The van der Waals surface area contributed by atoms with Gasteiger partial charge in [-0.05, 0) is 54.1 Å². The van der Waals surface area contributed by atoms with E-state index in [4.69, 9.17) is 4.74 Å². The first kappa shape index (κ1) is 15.0. The van der Waals surface area contributed by atoms with Crippen LogP contribution in [0.1, 0.15) is 46.5 Å². The summed E-state index contributed by atoms with van der Waals surface area (Å²) in [5.74, 6) is 0.924. The van der Waals surface area contributed by atoms with Crippen LogP contribution < -0.4 is 0 Å². The summed E-state index contributed by atoms with van der Waals surface area (Å²) in [7, 11) is 0. The average Bonchev–Trinajstić information content (AvgIpc) is 2.92. The number of ether oxygens (including phenoxy) is 1. The Morgan fingerprint density at radius 2 is 2.20 bits per heavy atom. The largest absolute Gasteiger partial charge is 0.461 e. The Labute approximate surface area is 121 Å². The van der Waals surface area contributed by atoms with E-state index in [1.807, 2.05) is 0 Å². The summed E-state index contributed by atoms with van der Waals surface area (Å²) in [5.41, 5.74) is 2.40. The molecule has 2 aliphatic carbocycles. The van der Waals surface area contributed by atoms with Gasteiger partial charge < -0.3 is 4.74 Å². The lowest BCUT2D eigenvalue weighted by molar-refractivity contribution is -0.140. The van der Waals surface area contributed by atoms with E-state index in [2.05, 4.69) is 26.0 Å². The first-order valence-corrected chi connectivity index (χ1v) is 7.42. The third-order valence-electron chi connectivity index (χ3n) is 4.79. The fourth-order valence-corrected chi connectivity index (χ4v) is 3.29. The van der Waals surface area contributed by atoms with E-state index in [1.165, 1.54) is 12.5 Å². The van der Waals surface area contributed by atoms with E-state index >= 15 is 0 Å². The molecule has 0 N–H and O–H groups in total. The van der Waals surface area contributed by atoms with E-state index < -0.39 is 0 Å². The molecule has 0 unspecified atom stereocenters. The molecule has 20 heavy (non-hydrogen) atoms. The van der Waals surface area contributed by atoms with Crippen molar-refractivity contribution in [2.45, 2.75) is 46.5 Å². The zero-order valence-corrected chi connectivity index (χ0v) is 12.6. The Morgan fingerprint density at radius 1 is 1.45 bits per heavy atom. The minimum absolute atomic E-state index is 0.235. The van der Waals surface area contributed by atoms with Crippen LogP contribution in [0.5, 0.6) is 0 Å². The number of esters is 1. The predicted molar refractivity (Wildman–Crippen MR) is 78.1 cm³/mol. The first-order valence-electron chi connectivity index (χ1n) is 7.42. The van der Waals surface area contributed by atoms with Crippen LogP contribution in [0.3, 0.4) is 0 Å². The number of carbonyl (C=O) groups is 2. The zero-order valence-electron chi connectivity index (χ0n) is 12.6. The van der Waals surface area contributed by atoms with E-state index in [1.54, 1.807) is 0 Å². The highest BCUT2D eigenvalue weighted by Gasteiger charge is 2.55. The van der Waals surface area contributed by atoms with Crippen molar-refractivity contribution in [3.8, 4) is 0 Å². The monoisotopic (exact) mass is 276 g/mol. The molecule has 1 saturated carbocycles. The van der Waals surface area contributed by atoms with Gasteiger partial charge in [-0.2, -0.15) is 0 Å². The summed E-state index contributed by atoms with van der Waals surface area (Å²) in [4.78, 5) is 22.1. The summed E-state index contributed by atoms with van der Waals surface area (Å²) in [6, 6.07) is 0. The Bertz CT molecular complexity index is 457. The molecule has 0 bridgehead atoms. The number of hydrogen-bond acceptors (Lipinski definition) is 3. The molecule has 0 amide bonds. The van der Waals surface area contributed by atoms with Crippen LogP contribution in [0.2, 0.25) is 0 Å². The van der Waals surface area contributed by atoms with Crippen LogP contribution in [0.4, 0.5) is 0 Å². The maximum atomic E-state index is 11.1. The molecule has 1 fully saturated rings. The van der Waals surface area contributed by atoms with Crippen LogP contribution in [0.25, 0.3) is 0 Å². The third kappa shape index (κ3) is 3.38. The van der Waals surface area contributed by atoms with E-state index in [-0.39, 0.29) is 5.97 Å². The molecule has 0 aliphatic heterocycles. The second-order valence-electron chi connectivity index (χ2n) is 6.53. The van der Waals surface area contributed by atoms with Crippen LogP contribution in [-0.4, -0.2) is 18.9 Å². The number of carbonyl (C=O) groups excluding carboxylic acids is 2. The van der Waals surface area contributed by atoms with Crippen LogP contribution in [0, 0.1) is 17.3 Å². The molecule has 3 heteroatoms. The normalized spacial score (nSPS) is 33.8. The summed E-state index contributed by atoms with van der Waals surface area (Å²) < 4.78 is 5.11. The third-order valence-corrected chi connectivity index (χ3v) is 4.79. The molecule has 0 spiro atoms. The highest BCUT2D eigenvalue weighted by atomic mass is 16.5. The van der Waals surface area contributed by atoms with Gasteiger partial charge in [-0.25, -0.2) is 0 Å². The minimum atomic E-state index is -0.235. The lowest BCUT2D eigenvalue weighted by Gasteiger charge is -2.10. The molecular formula is C17H24O3. The number of fused-ring (bicyclic) bond motifs is 1. The van der Waals surface area contributed by atoms with Crippen molar-refractivity contribution < 1.29 is 14.3 Å². The summed E-state index contributed by atoms with van der Waals surface area (Å²) in [6.45, 7) is 6.38. The Kier molecular flexibility index (Phi) is 4.46. The van der Waals surface area contributed by atoms with Crippen molar-refractivity contribution in [1.29, 1.82) is 0 Å². The molecule has 2 atom stereocenters. The fraction of sp³-hybridized carbons (Fsp3) is 0.647. The number of hydrogen-bond donors (Lipinski definition) is 0. The summed E-state index contributed by atoms with van der Waals surface area (Å²) in [6.07, 6.45) is 9.03. The van der Waals surface area contributed by atoms with Gasteiger partial charge in [-0.3, -0.25) is 9.59 Å². The van der Waals surface area contributed by atoms with Gasteiger partial charge in [0.15, 0.2) is 0 Å². The van der Waals surface area contributed by atoms with Crippen LogP contribution in [0.15, 0.2) is 23.3 Å². The van der Waals surface area contributed by atoms with Crippen molar-refractivity contribution in [1.82, 2.24) is 0 Å². The van der Waals surface area contributed by atoms with Gasteiger partial charge in [0.25, 0.3) is 0 Å². The van der Waals surface area contributed by atoms with Gasteiger partial charge in [0.1, 0.15) is 12.9 Å². The molecule has 110 valence electrons. The standard InChI is InChI=1S/C17H24O3/c1-12(19)20-11-13-5-4-6-14(10-18)9-16-15(8-7-13)17(16,2)3/h5,9-10,15-16H,4,6-8,11H2,1-3H3/b13-5+,14-9+/t15-,16+/m0/s1. The SMILES string of the molecule is CC(=O)OC/C1=C/CC/C(C=O)=C\[C@@H]2[C@H](CC1)C2(C)C. The van der Waals surface area contributed by atoms with Gasteiger partial charge in [0, 0.05) is 6.92 Å². The summed E-state index contributed by atoms with van der Waals surface area (Å²) in [5, 5.41) is 0. The zero-order chi connectivity index (χ0) is 14.8. The number of rotatable bonds is 3. The second kappa shape index (κ2) is 5.94. The highest BCUT2D eigenvalue weighted by molar-refractivity contribution is 5.73. The lowest BCUT2D eigenvalue weighted by atomic mass is 10.0. The van der Waals surface area contributed by atoms with E-state index in [0.717, 1.165) is 37.5 Å². The Morgan fingerprint density at radius 3 is 2.85 bits per heavy atom. The molecule has 0 heterocycles. The molecule has 2 rings (SSSR count). The number of allylic oxidation sites excluding steroid dienone is 3. The molecule has 0 radical (unpaired) electrons. The first-order chi connectivity index (χ1) is 9.45. The second-order valence-corrected chi connectivity index (χ2v) is 6.53. The smallest absolute Gasteiger partial charge is 0.302 e. The highest BCUT2D eigenvalue weighted by Crippen LogP contribution is 2.61. The van der Waals surface area contributed by atoms with Crippen molar-refractivity contribution in [2.75, 3.05) is 6.61 Å². The van der Waals surface area contributed by atoms with Gasteiger partial charge in [-0.1, -0.05) is 26.0 Å². The molecule has 0 aromatic heterocycles. The lowest BCUT2D eigenvalue weighted by Crippen LogP contribution is -2.04. The van der Waals surface area contributed by atoms with Gasteiger partial charge >= 0.3 is 5.97 Å². The Hall–Kier alpha value is -1.38. The molecule has 0 aromatic rings. The van der Waals surface area contributed by atoms with Crippen molar-refractivity contribution in [3.63, 3.8) is 0 Å². The molecule has 2 aliphatic rings. The van der Waals surface area contributed by atoms with E-state index in [9.17, 15) is 9.59 Å². The van der Waals surface area contributed by atoms with Gasteiger partial charge in [0.2, 0.25) is 0 Å². The number of aldehydes is 1. The topological polar surface area (TPSA) is 43.4 Å². The predicted octanol–water partition coefficient (Wildman–Crippen LogP) is 3.45. The Balaban J connectivity index is 2.07. The van der Waals surface area contributed by atoms with Crippen molar-refractivity contribution in [2.24, 2.45) is 17.3 Å². The summed E-state index contributed by atoms with van der Waals surface area (Å²) >= 11 is 0. The molecule has 3 nitrogen and oxygen atoms in total. The molecule has 0 saturated heterocycles. The van der Waals surface area contributed by atoms with Gasteiger partial charge in [-0.15, -0.1) is 0 Å². The maximum absolute atomic E-state index is 11.1. The van der Waals surface area contributed by atoms with Crippen LogP contribution >= 0.6 is 0 Å². The van der Waals surface area contributed by atoms with Gasteiger partial charge in [0.05, 0.1) is 0 Å². The average molecular weight is 276 g/mol. The van der Waals surface area contributed by atoms with Crippen LogP contribution in [-0.2, 0) is 14.3 Å². The quantitative estimate of drug-likeness (QED) is 0.450. The minimum Gasteiger partial charge on any atom is -0.461 e. The maximum Gasteiger partial charge on any atom is 0.302 e. The molecule has 0 aromatic carbocycles. The fourth-order valence-electron chi connectivity index (χ4n) is 3.29. The van der Waals surface area contributed by atoms with Crippen molar-refractivity contribution in [3.05, 3.63) is 23.3 Å². The van der Waals surface area contributed by atoms with Crippen molar-refractivity contribution >= 4 is 12.3 Å². The molecular weight excluding hydrogens is 252 g/mol.